The number of nitrogens with two attached hydrogens (primary N) is 1. The molecule has 0 saturated carbocycles. The molecule has 3 heterocycles. The van der Waals surface area contributed by atoms with E-state index in [1.807, 2.05) is 18.2 Å². The van der Waals surface area contributed by atoms with Crippen molar-refractivity contribution in [3.8, 4) is 17.3 Å². The van der Waals surface area contributed by atoms with Gasteiger partial charge >= 0.3 is 0 Å². The fourth-order valence-corrected chi connectivity index (χ4v) is 4.09. The number of nitrogens with one attached hydrogen (secondary N) is 1. The summed E-state index contributed by atoms with van der Waals surface area (Å²) in [5.74, 6) is -0.133. The molecule has 0 fully saturated rings. The number of aromatic hydroxyl groups is 1. The highest BCUT2D eigenvalue weighted by atomic mass is 16.6. The first kappa shape index (κ1) is 22.8. The van der Waals surface area contributed by atoms with Crippen molar-refractivity contribution in [3.05, 3.63) is 65.0 Å². The highest BCUT2D eigenvalue weighted by molar-refractivity contribution is 5.94. The highest BCUT2D eigenvalue weighted by Crippen LogP contribution is 2.29. The number of benzene rings is 2. The van der Waals surface area contributed by atoms with Gasteiger partial charge in [-0.05, 0) is 58.5 Å². The van der Waals surface area contributed by atoms with Crippen LogP contribution in [0, 0.1) is 0 Å². The molecular formula is C23H23N9O4. The number of ether oxygens (including phenoxy) is 1. The van der Waals surface area contributed by atoms with Gasteiger partial charge in [0.2, 0.25) is 11.6 Å². The molecule has 36 heavy (non-hydrogen) atoms. The molecule has 4 aromatic rings. The van der Waals surface area contributed by atoms with Crippen molar-refractivity contribution in [2.75, 3.05) is 24.3 Å². The van der Waals surface area contributed by atoms with Gasteiger partial charge in [0, 0.05) is 12.2 Å². The maximum absolute atomic E-state index is 13.1. The summed E-state index contributed by atoms with van der Waals surface area (Å²) in [6.45, 7) is 1.10. The van der Waals surface area contributed by atoms with Gasteiger partial charge in [-0.1, -0.05) is 23.4 Å². The lowest BCUT2D eigenvalue weighted by Crippen LogP contribution is -2.31. The molecule has 13 heteroatoms. The molecule has 2 aromatic carbocycles. The van der Waals surface area contributed by atoms with Gasteiger partial charge in [-0.25, -0.2) is 10.1 Å². The van der Waals surface area contributed by atoms with Crippen LogP contribution in [-0.4, -0.2) is 56.2 Å². The number of phenols is 1. The Hall–Kier alpha value is -4.94. The van der Waals surface area contributed by atoms with Gasteiger partial charge in [-0.3, -0.25) is 4.79 Å². The monoisotopic (exact) mass is 489 g/mol. The number of aryl methyl sites for hydroxylation is 1. The van der Waals surface area contributed by atoms with Crippen LogP contribution in [0.15, 0.2) is 52.2 Å². The van der Waals surface area contributed by atoms with E-state index in [4.69, 9.17) is 15.1 Å². The third-order valence-electron chi connectivity index (χ3n) is 5.80. The Balaban J connectivity index is 1.43. The lowest BCUT2D eigenvalue weighted by Gasteiger charge is -2.31. The number of aromatic nitrogens is 5. The van der Waals surface area contributed by atoms with Crippen LogP contribution in [0.4, 0.5) is 11.5 Å². The van der Waals surface area contributed by atoms with Gasteiger partial charge in [-0.15, -0.1) is 5.10 Å². The van der Waals surface area contributed by atoms with E-state index in [9.17, 15) is 9.90 Å². The Morgan fingerprint density at radius 2 is 2.17 bits per heavy atom. The molecule has 1 amide bonds. The van der Waals surface area contributed by atoms with E-state index in [2.05, 4.69) is 42.1 Å². The van der Waals surface area contributed by atoms with Crippen molar-refractivity contribution in [1.82, 2.24) is 30.7 Å². The molecule has 1 aliphatic heterocycles. The fraction of sp³-hybridized carbons (Fsp3) is 0.217. The lowest BCUT2D eigenvalue weighted by molar-refractivity contribution is 0.0949. The summed E-state index contributed by atoms with van der Waals surface area (Å²) in [6, 6.07) is 12.9. The van der Waals surface area contributed by atoms with Crippen LogP contribution in [0.2, 0.25) is 0 Å². The van der Waals surface area contributed by atoms with Crippen LogP contribution in [-0.2, 0) is 13.0 Å². The second-order valence-electron chi connectivity index (χ2n) is 8.05. The summed E-state index contributed by atoms with van der Waals surface area (Å²) in [6.07, 6.45) is 3.33. The predicted octanol–water partition coefficient (Wildman–Crippen LogP) is 1.66. The Bertz CT molecular complexity index is 1430. The fourth-order valence-electron chi connectivity index (χ4n) is 4.09. The van der Waals surface area contributed by atoms with Crippen LogP contribution in [0.25, 0.3) is 5.82 Å². The van der Waals surface area contributed by atoms with Gasteiger partial charge < -0.3 is 20.5 Å². The summed E-state index contributed by atoms with van der Waals surface area (Å²) in [5.41, 5.74) is 11.7. The normalized spacial score (nSPS) is 13.1. The summed E-state index contributed by atoms with van der Waals surface area (Å²) in [7, 11) is 1.46. The number of nitrogen functional groups attached to an aromatic ring is 1. The predicted molar refractivity (Wildman–Crippen MR) is 129 cm³/mol. The second kappa shape index (κ2) is 9.74. The van der Waals surface area contributed by atoms with E-state index >= 15 is 0 Å². The molecule has 2 aromatic heterocycles. The van der Waals surface area contributed by atoms with Crippen molar-refractivity contribution in [2.24, 2.45) is 5.10 Å². The van der Waals surface area contributed by atoms with E-state index in [1.54, 1.807) is 12.1 Å². The molecule has 0 spiro atoms. The molecular weight excluding hydrogens is 466 g/mol. The number of methoxy groups -OCH3 is 1. The largest absolute Gasteiger partial charge is 0.504 e. The number of carbonyl (C=O) groups excluding carboxylic acids is 1. The first-order chi connectivity index (χ1) is 17.5. The summed E-state index contributed by atoms with van der Waals surface area (Å²) < 4.78 is 11.1. The number of para-hydroxylation sites is 1. The van der Waals surface area contributed by atoms with E-state index in [0.717, 1.165) is 25.1 Å². The molecule has 5 rings (SSSR count). The minimum Gasteiger partial charge on any atom is -0.504 e. The minimum absolute atomic E-state index is 0.0180. The Morgan fingerprint density at radius 3 is 2.94 bits per heavy atom. The number of carbonyl (C=O) groups is 1. The number of amides is 1. The molecule has 0 unspecified atom stereocenters. The van der Waals surface area contributed by atoms with Crippen LogP contribution < -0.4 is 20.8 Å². The summed E-state index contributed by atoms with van der Waals surface area (Å²) in [4.78, 5) is 15.2. The number of rotatable bonds is 7. The number of nitrogens with zero attached hydrogens (tertiary/aromatic N) is 7. The van der Waals surface area contributed by atoms with E-state index < -0.39 is 5.91 Å². The zero-order valence-corrected chi connectivity index (χ0v) is 19.3. The number of anilines is 2. The summed E-state index contributed by atoms with van der Waals surface area (Å²) >= 11 is 0. The van der Waals surface area contributed by atoms with Crippen molar-refractivity contribution in [2.45, 2.75) is 19.4 Å². The topological polar surface area (TPSA) is 170 Å². The Labute approximate surface area is 205 Å². The molecule has 0 radical (unpaired) electrons. The Kier molecular flexibility index (Phi) is 6.18. The minimum atomic E-state index is -0.578. The second-order valence-corrected chi connectivity index (χ2v) is 8.05. The number of hydrogen-bond donors (Lipinski definition) is 3. The van der Waals surface area contributed by atoms with E-state index in [-0.39, 0.29) is 23.1 Å². The van der Waals surface area contributed by atoms with Gasteiger partial charge in [0.1, 0.15) is 0 Å². The number of hydrazone groups is 1. The number of fused-ring (bicyclic) bond motifs is 1. The molecule has 184 valence electrons. The Morgan fingerprint density at radius 1 is 1.31 bits per heavy atom. The zero-order chi connectivity index (χ0) is 25.1. The standard InChI is InChI=1S/C23H23N9O4/c1-35-19-9-8-14(11-18(19)33)12-25-27-23(34)20-17(32(30-26-20)22-21(24)28-36-29-22)13-31-10-4-6-15-5-2-3-7-16(15)31/h2-3,5,7-9,11-12,33H,4,6,10,13H2,1H3,(H2,24,28)(H,27,34). The van der Waals surface area contributed by atoms with Crippen LogP contribution in [0.3, 0.4) is 0 Å². The number of phenolic OH excluding ortho intramolecular Hbond substituents is 1. The third kappa shape index (κ3) is 4.41. The quantitative estimate of drug-likeness (QED) is 0.256. The first-order valence-corrected chi connectivity index (χ1v) is 11.1. The molecule has 13 nitrogen and oxygen atoms in total. The highest BCUT2D eigenvalue weighted by Gasteiger charge is 2.27. The summed E-state index contributed by atoms with van der Waals surface area (Å²) in [5, 5.41) is 29.5. The maximum atomic E-state index is 13.1. The third-order valence-corrected chi connectivity index (χ3v) is 5.80. The van der Waals surface area contributed by atoms with Crippen molar-refractivity contribution >= 4 is 23.6 Å². The van der Waals surface area contributed by atoms with Crippen LogP contribution in [0.1, 0.15) is 33.7 Å². The molecule has 0 saturated heterocycles. The van der Waals surface area contributed by atoms with Gasteiger partial charge in [0.05, 0.1) is 25.6 Å². The smallest absolute Gasteiger partial charge is 0.293 e. The number of hydrogen-bond acceptors (Lipinski definition) is 11. The van der Waals surface area contributed by atoms with Gasteiger partial charge in [0.25, 0.3) is 5.91 Å². The molecule has 4 N–H and O–H groups in total. The van der Waals surface area contributed by atoms with Crippen LogP contribution in [0.5, 0.6) is 11.5 Å². The molecule has 0 aliphatic carbocycles. The SMILES string of the molecule is COc1ccc(C=NNC(=O)c2nnn(-c3nonc3N)c2CN2CCCc3ccccc32)cc1O. The van der Waals surface area contributed by atoms with Crippen LogP contribution >= 0.6 is 0 Å². The maximum Gasteiger partial charge on any atom is 0.293 e. The zero-order valence-electron chi connectivity index (χ0n) is 19.3. The molecule has 0 bridgehead atoms. The average molecular weight is 489 g/mol. The van der Waals surface area contributed by atoms with Gasteiger partial charge in [-0.2, -0.15) is 9.78 Å². The van der Waals surface area contributed by atoms with E-state index in [0.29, 0.717) is 23.6 Å². The van der Waals surface area contributed by atoms with Gasteiger partial charge in [0.15, 0.2) is 17.2 Å². The van der Waals surface area contributed by atoms with Crippen molar-refractivity contribution in [3.63, 3.8) is 0 Å². The molecule has 1 aliphatic rings. The van der Waals surface area contributed by atoms with Crippen molar-refractivity contribution in [1.29, 1.82) is 0 Å². The van der Waals surface area contributed by atoms with Crippen molar-refractivity contribution < 1.29 is 19.3 Å². The lowest BCUT2D eigenvalue weighted by atomic mass is 10.0. The van der Waals surface area contributed by atoms with E-state index in [1.165, 1.54) is 29.6 Å². The molecule has 0 atom stereocenters. The first-order valence-electron chi connectivity index (χ1n) is 11.1. The average Bonchev–Trinajstić information content (AvgIpc) is 3.50.